The molecule has 1 aliphatic rings. The Bertz CT molecular complexity index is 534. The highest BCUT2D eigenvalue weighted by molar-refractivity contribution is 5.72. The van der Waals surface area contributed by atoms with Crippen LogP contribution >= 0.6 is 0 Å². The van der Waals surface area contributed by atoms with Gasteiger partial charge in [0.1, 0.15) is 0 Å². The van der Waals surface area contributed by atoms with Gasteiger partial charge in [0.2, 0.25) is 0 Å². The molecule has 0 aliphatic carbocycles. The van der Waals surface area contributed by atoms with Crippen molar-refractivity contribution in [2.24, 2.45) is 0 Å². The van der Waals surface area contributed by atoms with E-state index in [9.17, 15) is 5.11 Å². The van der Waals surface area contributed by atoms with Gasteiger partial charge in [0.25, 0.3) is 0 Å². The molecule has 0 spiro atoms. The zero-order valence-corrected chi connectivity index (χ0v) is 8.90. The normalized spacial score (nSPS) is 12.6. The number of anilines is 2. The van der Waals surface area contributed by atoms with Crippen LogP contribution in [0.4, 0.5) is 11.4 Å². The first-order valence-electron chi connectivity index (χ1n) is 5.45. The highest BCUT2D eigenvalue weighted by Gasteiger charge is 2.16. The molecule has 0 saturated carbocycles. The third kappa shape index (κ3) is 1.39. The Morgan fingerprint density at radius 1 is 1.00 bits per heavy atom. The van der Waals surface area contributed by atoms with E-state index < -0.39 is 0 Å². The van der Waals surface area contributed by atoms with E-state index >= 15 is 0 Å². The lowest BCUT2D eigenvalue weighted by Crippen LogP contribution is -2.09. The van der Waals surface area contributed by atoms with Crippen molar-refractivity contribution in [3.05, 3.63) is 59.2 Å². The summed E-state index contributed by atoms with van der Waals surface area (Å²) in [5.41, 5.74) is 5.80. The summed E-state index contributed by atoms with van der Waals surface area (Å²) < 4.78 is 0. The van der Waals surface area contributed by atoms with Crippen molar-refractivity contribution in [1.29, 1.82) is 0 Å². The molecule has 0 amide bonds. The average Bonchev–Trinajstić information content (AvgIpc) is 2.35. The molecule has 3 rings (SSSR count). The third-order valence-corrected chi connectivity index (χ3v) is 3.10. The molecule has 2 heteroatoms. The van der Waals surface area contributed by atoms with Crippen LogP contribution in [0.15, 0.2) is 42.5 Å². The second-order valence-corrected chi connectivity index (χ2v) is 4.06. The number of benzene rings is 2. The Kier molecular flexibility index (Phi) is 2.15. The lowest BCUT2D eigenvalue weighted by Gasteiger charge is -2.23. The summed E-state index contributed by atoms with van der Waals surface area (Å²) in [6, 6.07) is 14.3. The number of aliphatic hydroxyl groups excluding tert-OH is 1. The van der Waals surface area contributed by atoms with Gasteiger partial charge in [0, 0.05) is 17.8 Å². The van der Waals surface area contributed by atoms with Crippen molar-refractivity contribution >= 4 is 11.4 Å². The van der Waals surface area contributed by atoms with Gasteiger partial charge in [-0.1, -0.05) is 30.3 Å². The Morgan fingerprint density at radius 3 is 2.69 bits per heavy atom. The second kappa shape index (κ2) is 3.65. The molecule has 2 aromatic rings. The first-order chi connectivity index (χ1) is 7.88. The molecule has 0 atom stereocenters. The van der Waals surface area contributed by atoms with E-state index in [1.54, 1.807) is 0 Å². The minimum absolute atomic E-state index is 0.104. The van der Waals surface area contributed by atoms with Crippen molar-refractivity contribution in [1.82, 2.24) is 0 Å². The van der Waals surface area contributed by atoms with Gasteiger partial charge in [-0.15, -0.1) is 0 Å². The molecule has 80 valence electrons. The molecule has 2 nitrogen and oxygen atoms in total. The number of fused-ring (bicyclic) bond motifs is 2. The summed E-state index contributed by atoms with van der Waals surface area (Å²) in [5, 5.41) is 12.7. The lowest BCUT2D eigenvalue weighted by molar-refractivity contribution is 0.281. The monoisotopic (exact) mass is 211 g/mol. The van der Waals surface area contributed by atoms with Crippen LogP contribution in [0.25, 0.3) is 0 Å². The number of hydrogen-bond acceptors (Lipinski definition) is 2. The van der Waals surface area contributed by atoms with Crippen molar-refractivity contribution in [2.45, 2.75) is 13.0 Å². The van der Waals surface area contributed by atoms with Crippen molar-refractivity contribution in [3.63, 3.8) is 0 Å². The molecule has 2 N–H and O–H groups in total. The zero-order valence-electron chi connectivity index (χ0n) is 8.90. The average molecular weight is 211 g/mol. The molecule has 2 aromatic carbocycles. The van der Waals surface area contributed by atoms with E-state index in [1.807, 2.05) is 24.3 Å². The van der Waals surface area contributed by atoms with Gasteiger partial charge >= 0.3 is 0 Å². The van der Waals surface area contributed by atoms with E-state index in [2.05, 4.69) is 23.5 Å². The van der Waals surface area contributed by atoms with Crippen LogP contribution in [0.3, 0.4) is 0 Å². The molecule has 0 unspecified atom stereocenters. The minimum Gasteiger partial charge on any atom is -0.392 e. The van der Waals surface area contributed by atoms with Crippen LogP contribution in [0.1, 0.15) is 16.7 Å². The molecule has 0 radical (unpaired) electrons. The maximum absolute atomic E-state index is 9.31. The highest BCUT2D eigenvalue weighted by Crippen LogP contribution is 2.34. The van der Waals surface area contributed by atoms with E-state index in [0.717, 1.165) is 17.7 Å². The summed E-state index contributed by atoms with van der Waals surface area (Å²) >= 11 is 0. The van der Waals surface area contributed by atoms with Crippen molar-refractivity contribution in [2.75, 3.05) is 5.32 Å². The Morgan fingerprint density at radius 2 is 1.81 bits per heavy atom. The van der Waals surface area contributed by atoms with Crippen LogP contribution in [0.5, 0.6) is 0 Å². The number of para-hydroxylation sites is 1. The molecule has 0 saturated heterocycles. The zero-order chi connectivity index (χ0) is 11.0. The predicted molar refractivity (Wildman–Crippen MR) is 64.9 cm³/mol. The van der Waals surface area contributed by atoms with Gasteiger partial charge in [-0.2, -0.15) is 0 Å². The fourth-order valence-electron chi connectivity index (χ4n) is 2.24. The van der Waals surface area contributed by atoms with Crippen molar-refractivity contribution in [3.8, 4) is 0 Å². The SMILES string of the molecule is OCc1cccc2c1Cc1ccccc1N2. The van der Waals surface area contributed by atoms with E-state index in [1.165, 1.54) is 16.8 Å². The van der Waals surface area contributed by atoms with Crippen LogP contribution in [0, 0.1) is 0 Å². The topological polar surface area (TPSA) is 32.3 Å². The standard InChI is InChI=1S/C14H13NO/c16-9-11-5-3-7-14-12(11)8-10-4-1-2-6-13(10)15-14/h1-7,15-16H,8-9H2. The smallest absolute Gasteiger partial charge is 0.0685 e. The molecule has 16 heavy (non-hydrogen) atoms. The van der Waals surface area contributed by atoms with Gasteiger partial charge in [-0.05, 0) is 28.8 Å². The van der Waals surface area contributed by atoms with Gasteiger partial charge in [-0.3, -0.25) is 0 Å². The van der Waals surface area contributed by atoms with Crippen LogP contribution in [-0.2, 0) is 13.0 Å². The molecule has 0 fully saturated rings. The summed E-state index contributed by atoms with van der Waals surface area (Å²) in [5.74, 6) is 0. The lowest BCUT2D eigenvalue weighted by atomic mass is 9.94. The minimum atomic E-state index is 0.104. The van der Waals surface area contributed by atoms with Crippen LogP contribution in [-0.4, -0.2) is 5.11 Å². The fourth-order valence-corrected chi connectivity index (χ4v) is 2.24. The number of rotatable bonds is 1. The van der Waals surface area contributed by atoms with E-state index in [0.29, 0.717) is 0 Å². The molecule has 1 aliphatic heterocycles. The van der Waals surface area contributed by atoms with E-state index in [-0.39, 0.29) is 6.61 Å². The molecule has 0 bridgehead atoms. The first kappa shape index (κ1) is 9.43. The summed E-state index contributed by atoms with van der Waals surface area (Å²) in [7, 11) is 0. The largest absolute Gasteiger partial charge is 0.392 e. The maximum Gasteiger partial charge on any atom is 0.0685 e. The Hall–Kier alpha value is -1.80. The molecule has 1 heterocycles. The van der Waals surface area contributed by atoms with Gasteiger partial charge in [-0.25, -0.2) is 0 Å². The third-order valence-electron chi connectivity index (χ3n) is 3.10. The van der Waals surface area contributed by atoms with Crippen LogP contribution < -0.4 is 5.32 Å². The number of aliphatic hydroxyl groups is 1. The Labute approximate surface area is 94.6 Å². The van der Waals surface area contributed by atoms with Gasteiger partial charge in [0.05, 0.1) is 6.61 Å². The van der Waals surface area contributed by atoms with Gasteiger partial charge in [0.15, 0.2) is 0 Å². The number of hydrogen-bond donors (Lipinski definition) is 2. The maximum atomic E-state index is 9.31. The molecular formula is C14H13NO. The van der Waals surface area contributed by atoms with Crippen LogP contribution in [0.2, 0.25) is 0 Å². The quantitative estimate of drug-likeness (QED) is 0.648. The predicted octanol–water partition coefficient (Wildman–Crippen LogP) is 2.83. The molecular weight excluding hydrogens is 198 g/mol. The summed E-state index contributed by atoms with van der Waals surface area (Å²) in [6.07, 6.45) is 0.898. The molecule has 0 aromatic heterocycles. The second-order valence-electron chi connectivity index (χ2n) is 4.06. The van der Waals surface area contributed by atoms with Crippen molar-refractivity contribution < 1.29 is 5.11 Å². The van der Waals surface area contributed by atoms with E-state index in [4.69, 9.17) is 0 Å². The van der Waals surface area contributed by atoms with Gasteiger partial charge < -0.3 is 10.4 Å². The summed E-state index contributed by atoms with van der Waals surface area (Å²) in [6.45, 7) is 0.104. The highest BCUT2D eigenvalue weighted by atomic mass is 16.3. The summed E-state index contributed by atoms with van der Waals surface area (Å²) in [4.78, 5) is 0. The Balaban J connectivity index is 2.12. The fraction of sp³-hybridized carbons (Fsp3) is 0.143. The number of nitrogens with one attached hydrogen (secondary N) is 1. The first-order valence-corrected chi connectivity index (χ1v) is 5.45.